The van der Waals surface area contributed by atoms with Gasteiger partial charge in [-0.05, 0) is 41.0 Å². The first-order valence-corrected chi connectivity index (χ1v) is 10.2. The molecule has 0 saturated heterocycles. The van der Waals surface area contributed by atoms with Crippen molar-refractivity contribution in [3.8, 4) is 5.75 Å². The molecule has 3 aromatic carbocycles. The summed E-state index contributed by atoms with van der Waals surface area (Å²) >= 11 is 0. The third kappa shape index (κ3) is 7.29. The SMILES string of the molecule is COc1ccc([C@H](CNC(=O)/C=C/c2ccccc2)OC(=O)/C=C/c2ccccc2)cc1. The van der Waals surface area contributed by atoms with Crippen LogP contribution in [0.25, 0.3) is 12.2 Å². The van der Waals surface area contributed by atoms with E-state index in [-0.39, 0.29) is 12.5 Å². The van der Waals surface area contributed by atoms with Gasteiger partial charge in [-0.25, -0.2) is 4.79 Å². The standard InChI is InChI=1S/C27H25NO4/c1-31-24-16-14-23(15-17-24)25(32-27(30)19-13-22-10-6-3-7-11-22)20-28-26(29)18-12-21-8-4-2-5-9-21/h2-19,25H,20H2,1H3,(H,28,29)/b18-12+,19-13+/t25-/m0/s1. The second-order valence-corrected chi connectivity index (χ2v) is 6.93. The Bertz CT molecular complexity index is 1060. The van der Waals surface area contributed by atoms with E-state index >= 15 is 0 Å². The van der Waals surface area contributed by atoms with Gasteiger partial charge in [0.15, 0.2) is 0 Å². The molecule has 0 bridgehead atoms. The van der Waals surface area contributed by atoms with E-state index < -0.39 is 12.1 Å². The summed E-state index contributed by atoms with van der Waals surface area (Å²) in [4.78, 5) is 24.7. The van der Waals surface area contributed by atoms with Crippen LogP contribution in [-0.2, 0) is 14.3 Å². The van der Waals surface area contributed by atoms with Crippen molar-refractivity contribution in [2.24, 2.45) is 0 Å². The van der Waals surface area contributed by atoms with Gasteiger partial charge in [-0.15, -0.1) is 0 Å². The fourth-order valence-electron chi connectivity index (χ4n) is 2.94. The molecule has 0 saturated carbocycles. The molecule has 0 unspecified atom stereocenters. The molecule has 0 fully saturated rings. The van der Waals surface area contributed by atoms with Crippen molar-refractivity contribution in [1.82, 2.24) is 5.32 Å². The van der Waals surface area contributed by atoms with Gasteiger partial charge in [0.05, 0.1) is 13.7 Å². The van der Waals surface area contributed by atoms with Crippen LogP contribution in [0, 0.1) is 0 Å². The number of amides is 1. The fourth-order valence-corrected chi connectivity index (χ4v) is 2.94. The van der Waals surface area contributed by atoms with Crippen LogP contribution >= 0.6 is 0 Å². The molecule has 0 heterocycles. The first-order chi connectivity index (χ1) is 15.6. The van der Waals surface area contributed by atoms with Crippen molar-refractivity contribution in [2.75, 3.05) is 13.7 Å². The van der Waals surface area contributed by atoms with E-state index in [0.717, 1.165) is 16.7 Å². The second kappa shape index (κ2) is 11.9. The Kier molecular flexibility index (Phi) is 8.40. The Morgan fingerprint density at radius 1 is 0.812 bits per heavy atom. The quantitative estimate of drug-likeness (QED) is 0.393. The summed E-state index contributed by atoms with van der Waals surface area (Å²) in [5.74, 6) is -0.0791. The molecule has 162 valence electrons. The predicted molar refractivity (Wildman–Crippen MR) is 126 cm³/mol. The number of carbonyl (C=O) groups excluding carboxylic acids is 2. The summed E-state index contributed by atoms with van der Waals surface area (Å²) in [5.41, 5.74) is 2.57. The number of nitrogens with one attached hydrogen (secondary N) is 1. The van der Waals surface area contributed by atoms with E-state index in [9.17, 15) is 9.59 Å². The molecule has 5 nitrogen and oxygen atoms in total. The largest absolute Gasteiger partial charge is 0.497 e. The zero-order valence-corrected chi connectivity index (χ0v) is 17.8. The zero-order chi connectivity index (χ0) is 22.6. The maximum atomic E-state index is 12.4. The average molecular weight is 428 g/mol. The topological polar surface area (TPSA) is 64.6 Å². The number of carbonyl (C=O) groups is 2. The van der Waals surface area contributed by atoms with Gasteiger partial charge >= 0.3 is 5.97 Å². The van der Waals surface area contributed by atoms with E-state index in [2.05, 4.69) is 5.32 Å². The molecule has 0 spiro atoms. The number of ether oxygens (including phenoxy) is 2. The molecule has 3 aromatic rings. The minimum atomic E-state index is -0.650. The molecule has 0 aliphatic carbocycles. The third-order valence-corrected chi connectivity index (χ3v) is 4.65. The maximum Gasteiger partial charge on any atom is 0.331 e. The van der Waals surface area contributed by atoms with Gasteiger partial charge in [-0.1, -0.05) is 72.8 Å². The number of hydrogen-bond donors (Lipinski definition) is 1. The molecule has 0 aliphatic heterocycles. The number of methoxy groups -OCH3 is 1. The fraction of sp³-hybridized carbons (Fsp3) is 0.111. The van der Waals surface area contributed by atoms with Crippen molar-refractivity contribution in [2.45, 2.75) is 6.10 Å². The van der Waals surface area contributed by atoms with Gasteiger partial charge in [-0.3, -0.25) is 4.79 Å². The Morgan fingerprint density at radius 2 is 1.38 bits per heavy atom. The number of rotatable bonds is 9. The number of esters is 1. The van der Waals surface area contributed by atoms with E-state index in [1.54, 1.807) is 31.4 Å². The van der Waals surface area contributed by atoms with E-state index in [1.165, 1.54) is 12.2 Å². The second-order valence-electron chi connectivity index (χ2n) is 6.93. The van der Waals surface area contributed by atoms with E-state index in [4.69, 9.17) is 9.47 Å². The smallest absolute Gasteiger partial charge is 0.331 e. The average Bonchev–Trinajstić information content (AvgIpc) is 2.85. The molecule has 0 aliphatic rings. The van der Waals surface area contributed by atoms with Crippen LogP contribution in [0.4, 0.5) is 0 Å². The third-order valence-electron chi connectivity index (χ3n) is 4.65. The summed E-state index contributed by atoms with van der Waals surface area (Å²) < 4.78 is 10.8. The minimum Gasteiger partial charge on any atom is -0.497 e. The van der Waals surface area contributed by atoms with Crippen molar-refractivity contribution >= 4 is 24.0 Å². The van der Waals surface area contributed by atoms with Crippen molar-refractivity contribution in [3.05, 3.63) is 114 Å². The van der Waals surface area contributed by atoms with Crippen LogP contribution in [0.5, 0.6) is 5.75 Å². The van der Waals surface area contributed by atoms with Crippen LogP contribution in [0.2, 0.25) is 0 Å². The highest BCUT2D eigenvalue weighted by atomic mass is 16.5. The van der Waals surface area contributed by atoms with Crippen molar-refractivity contribution < 1.29 is 19.1 Å². The zero-order valence-electron chi connectivity index (χ0n) is 17.8. The van der Waals surface area contributed by atoms with E-state index in [1.807, 2.05) is 72.8 Å². The summed E-state index contributed by atoms with van der Waals surface area (Å²) in [6, 6.07) is 26.2. The summed E-state index contributed by atoms with van der Waals surface area (Å²) in [5, 5.41) is 2.80. The van der Waals surface area contributed by atoms with Crippen molar-refractivity contribution in [1.29, 1.82) is 0 Å². The van der Waals surface area contributed by atoms with Gasteiger partial charge in [0.2, 0.25) is 5.91 Å². The van der Waals surface area contributed by atoms with Gasteiger partial charge in [-0.2, -0.15) is 0 Å². The molecule has 32 heavy (non-hydrogen) atoms. The van der Waals surface area contributed by atoms with Gasteiger partial charge in [0, 0.05) is 12.2 Å². The first kappa shape index (κ1) is 22.6. The molecule has 5 heteroatoms. The van der Waals surface area contributed by atoms with Gasteiger partial charge < -0.3 is 14.8 Å². The molecule has 0 radical (unpaired) electrons. The normalized spacial score (nSPS) is 11.9. The van der Waals surface area contributed by atoms with Gasteiger partial charge in [0.25, 0.3) is 0 Å². The lowest BCUT2D eigenvalue weighted by Crippen LogP contribution is -2.29. The lowest BCUT2D eigenvalue weighted by Gasteiger charge is -2.18. The highest BCUT2D eigenvalue weighted by Gasteiger charge is 2.16. The Balaban J connectivity index is 1.66. The highest BCUT2D eigenvalue weighted by molar-refractivity contribution is 5.91. The Labute approximate surface area is 188 Å². The highest BCUT2D eigenvalue weighted by Crippen LogP contribution is 2.21. The number of hydrogen-bond acceptors (Lipinski definition) is 4. The molecular weight excluding hydrogens is 402 g/mol. The molecule has 3 rings (SSSR count). The molecule has 1 amide bonds. The van der Waals surface area contributed by atoms with Gasteiger partial charge in [0.1, 0.15) is 11.9 Å². The lowest BCUT2D eigenvalue weighted by atomic mass is 10.1. The molecule has 0 aromatic heterocycles. The van der Waals surface area contributed by atoms with Crippen LogP contribution in [-0.4, -0.2) is 25.5 Å². The molecular formula is C27H25NO4. The van der Waals surface area contributed by atoms with Crippen LogP contribution in [0.1, 0.15) is 22.8 Å². The molecule has 1 N–H and O–H groups in total. The maximum absolute atomic E-state index is 12.4. The number of benzene rings is 3. The summed E-state index contributed by atoms with van der Waals surface area (Å²) in [6.07, 6.45) is 5.60. The Hall–Kier alpha value is -4.12. The Morgan fingerprint density at radius 3 is 1.94 bits per heavy atom. The first-order valence-electron chi connectivity index (χ1n) is 10.2. The molecule has 1 atom stereocenters. The predicted octanol–water partition coefficient (Wildman–Crippen LogP) is 4.82. The van der Waals surface area contributed by atoms with Crippen LogP contribution in [0.3, 0.4) is 0 Å². The lowest BCUT2D eigenvalue weighted by molar-refractivity contribution is -0.143. The monoisotopic (exact) mass is 427 g/mol. The summed E-state index contributed by atoms with van der Waals surface area (Å²) in [7, 11) is 1.58. The minimum absolute atomic E-state index is 0.134. The van der Waals surface area contributed by atoms with Crippen molar-refractivity contribution in [3.63, 3.8) is 0 Å². The van der Waals surface area contributed by atoms with Crippen LogP contribution < -0.4 is 10.1 Å². The summed E-state index contributed by atoms with van der Waals surface area (Å²) in [6.45, 7) is 0.134. The van der Waals surface area contributed by atoms with Crippen LogP contribution in [0.15, 0.2) is 97.1 Å². The van der Waals surface area contributed by atoms with E-state index in [0.29, 0.717) is 5.75 Å².